The standard InChI is InChI=1S/C18H15ClN6OS/c1-11-6-5-9-15(12(11)2)25-18(22-23-24-25)27-10-16-20-21-17(26-16)13-7-3-4-8-14(13)19/h3-9H,10H2,1-2H3. The molecule has 2 heterocycles. The van der Waals surface area contributed by atoms with Crippen LogP contribution in [0.5, 0.6) is 0 Å². The highest BCUT2D eigenvalue weighted by atomic mass is 35.5. The van der Waals surface area contributed by atoms with Crippen molar-refractivity contribution in [1.29, 1.82) is 0 Å². The molecule has 4 rings (SSSR count). The minimum atomic E-state index is 0.394. The molecule has 2 aromatic heterocycles. The third kappa shape index (κ3) is 3.58. The van der Waals surface area contributed by atoms with Crippen LogP contribution in [0.4, 0.5) is 0 Å². The maximum Gasteiger partial charge on any atom is 0.249 e. The van der Waals surface area contributed by atoms with Gasteiger partial charge in [0.15, 0.2) is 0 Å². The molecule has 0 aliphatic carbocycles. The summed E-state index contributed by atoms with van der Waals surface area (Å²) in [5, 5.41) is 21.4. The Hall–Kier alpha value is -2.71. The van der Waals surface area contributed by atoms with Crippen molar-refractivity contribution in [2.75, 3.05) is 0 Å². The van der Waals surface area contributed by atoms with Crippen molar-refractivity contribution in [3.63, 3.8) is 0 Å². The number of aryl methyl sites for hydroxylation is 1. The molecule has 136 valence electrons. The van der Waals surface area contributed by atoms with Gasteiger partial charge in [0.1, 0.15) is 0 Å². The Morgan fingerprint density at radius 2 is 1.89 bits per heavy atom. The van der Waals surface area contributed by atoms with Gasteiger partial charge in [0.25, 0.3) is 0 Å². The second-order valence-electron chi connectivity index (χ2n) is 5.86. The summed E-state index contributed by atoms with van der Waals surface area (Å²) in [5.74, 6) is 1.32. The van der Waals surface area contributed by atoms with Crippen molar-refractivity contribution in [3.05, 3.63) is 64.5 Å². The van der Waals surface area contributed by atoms with E-state index >= 15 is 0 Å². The molecule has 27 heavy (non-hydrogen) atoms. The highest BCUT2D eigenvalue weighted by Crippen LogP contribution is 2.28. The summed E-state index contributed by atoms with van der Waals surface area (Å²) in [7, 11) is 0. The van der Waals surface area contributed by atoms with Crippen LogP contribution < -0.4 is 0 Å². The summed E-state index contributed by atoms with van der Waals surface area (Å²) in [6.07, 6.45) is 0. The van der Waals surface area contributed by atoms with Crippen molar-refractivity contribution < 1.29 is 4.42 Å². The fraction of sp³-hybridized carbons (Fsp3) is 0.167. The molecule has 0 N–H and O–H groups in total. The van der Waals surface area contributed by atoms with E-state index in [-0.39, 0.29) is 0 Å². The number of rotatable bonds is 5. The Morgan fingerprint density at radius 1 is 1.04 bits per heavy atom. The largest absolute Gasteiger partial charge is 0.420 e. The van der Waals surface area contributed by atoms with Gasteiger partial charge < -0.3 is 4.42 Å². The minimum absolute atomic E-state index is 0.394. The Kier molecular flexibility index (Phi) is 4.91. The summed E-state index contributed by atoms with van der Waals surface area (Å²) in [4.78, 5) is 0. The van der Waals surface area contributed by atoms with Crippen LogP contribution in [0.15, 0.2) is 52.0 Å². The number of hydrogen-bond donors (Lipinski definition) is 0. The summed E-state index contributed by atoms with van der Waals surface area (Å²) in [6.45, 7) is 4.11. The molecule has 0 saturated carbocycles. The van der Waals surface area contributed by atoms with E-state index in [1.807, 2.05) is 30.3 Å². The topological polar surface area (TPSA) is 82.5 Å². The number of aromatic nitrogens is 6. The maximum atomic E-state index is 6.18. The van der Waals surface area contributed by atoms with Crippen LogP contribution in [-0.2, 0) is 5.75 Å². The van der Waals surface area contributed by atoms with Crippen molar-refractivity contribution in [1.82, 2.24) is 30.4 Å². The molecule has 0 bridgehead atoms. The van der Waals surface area contributed by atoms with Gasteiger partial charge in [-0.3, -0.25) is 0 Å². The van der Waals surface area contributed by atoms with Gasteiger partial charge in [0.2, 0.25) is 16.9 Å². The van der Waals surface area contributed by atoms with E-state index in [2.05, 4.69) is 45.6 Å². The van der Waals surface area contributed by atoms with Gasteiger partial charge >= 0.3 is 0 Å². The van der Waals surface area contributed by atoms with E-state index in [4.69, 9.17) is 16.0 Å². The highest BCUT2D eigenvalue weighted by molar-refractivity contribution is 7.98. The summed E-state index contributed by atoms with van der Waals surface area (Å²) >= 11 is 7.61. The quantitative estimate of drug-likeness (QED) is 0.464. The van der Waals surface area contributed by atoms with Gasteiger partial charge in [-0.05, 0) is 53.6 Å². The first kappa shape index (κ1) is 17.7. The molecule has 0 aliphatic heterocycles. The molecule has 0 fully saturated rings. The molecule has 4 aromatic rings. The Morgan fingerprint density at radius 3 is 2.74 bits per heavy atom. The first-order chi connectivity index (χ1) is 13.1. The second-order valence-corrected chi connectivity index (χ2v) is 7.21. The Labute approximate surface area is 164 Å². The molecule has 0 saturated heterocycles. The van der Waals surface area contributed by atoms with E-state index in [1.54, 1.807) is 10.7 Å². The Balaban J connectivity index is 1.54. The van der Waals surface area contributed by atoms with Crippen LogP contribution >= 0.6 is 23.4 Å². The van der Waals surface area contributed by atoms with E-state index in [1.165, 1.54) is 17.3 Å². The van der Waals surface area contributed by atoms with Crippen molar-refractivity contribution in [2.24, 2.45) is 0 Å². The predicted molar refractivity (Wildman–Crippen MR) is 103 cm³/mol. The van der Waals surface area contributed by atoms with Gasteiger partial charge in [0.05, 0.1) is 22.0 Å². The van der Waals surface area contributed by atoms with E-state index in [0.717, 1.165) is 11.3 Å². The van der Waals surface area contributed by atoms with Crippen molar-refractivity contribution >= 4 is 23.4 Å². The third-order valence-corrected chi connectivity index (χ3v) is 5.37. The molecule has 0 aliphatic rings. The Bertz CT molecular complexity index is 1090. The average Bonchev–Trinajstić information content (AvgIpc) is 3.32. The van der Waals surface area contributed by atoms with Gasteiger partial charge in [-0.2, -0.15) is 4.68 Å². The number of thioether (sulfide) groups is 1. The first-order valence-electron chi connectivity index (χ1n) is 8.18. The fourth-order valence-electron chi connectivity index (χ4n) is 2.57. The molecule has 0 radical (unpaired) electrons. The molecular formula is C18H15ClN6OS. The molecule has 0 atom stereocenters. The summed E-state index contributed by atoms with van der Waals surface area (Å²) in [6, 6.07) is 13.4. The summed E-state index contributed by atoms with van der Waals surface area (Å²) in [5.41, 5.74) is 3.97. The number of benzene rings is 2. The number of tetrazole rings is 1. The minimum Gasteiger partial charge on any atom is -0.420 e. The van der Waals surface area contributed by atoms with E-state index < -0.39 is 0 Å². The molecule has 7 nitrogen and oxygen atoms in total. The number of hydrogen-bond acceptors (Lipinski definition) is 7. The second kappa shape index (κ2) is 7.50. The zero-order valence-electron chi connectivity index (χ0n) is 14.6. The summed E-state index contributed by atoms with van der Waals surface area (Å²) < 4.78 is 7.45. The van der Waals surface area contributed by atoms with Crippen LogP contribution in [0.25, 0.3) is 17.1 Å². The first-order valence-corrected chi connectivity index (χ1v) is 9.55. The molecule has 0 amide bonds. The normalized spacial score (nSPS) is 11.1. The van der Waals surface area contributed by atoms with Crippen LogP contribution in [0.3, 0.4) is 0 Å². The van der Waals surface area contributed by atoms with Crippen molar-refractivity contribution in [2.45, 2.75) is 24.8 Å². The highest BCUT2D eigenvalue weighted by Gasteiger charge is 2.15. The fourth-order valence-corrected chi connectivity index (χ4v) is 3.50. The number of halogens is 1. The zero-order chi connectivity index (χ0) is 18.8. The zero-order valence-corrected chi connectivity index (χ0v) is 16.2. The lowest BCUT2D eigenvalue weighted by Crippen LogP contribution is -2.02. The van der Waals surface area contributed by atoms with Gasteiger partial charge in [-0.1, -0.05) is 47.6 Å². The van der Waals surface area contributed by atoms with Gasteiger partial charge in [-0.25, -0.2) is 0 Å². The lowest BCUT2D eigenvalue weighted by Gasteiger charge is -2.08. The molecule has 2 aromatic carbocycles. The van der Waals surface area contributed by atoms with Crippen LogP contribution in [0.2, 0.25) is 5.02 Å². The molecule has 0 unspecified atom stereocenters. The van der Waals surface area contributed by atoms with E-state index in [9.17, 15) is 0 Å². The molecule has 9 heteroatoms. The maximum absolute atomic E-state index is 6.18. The number of nitrogens with zero attached hydrogens (tertiary/aromatic N) is 6. The third-order valence-electron chi connectivity index (χ3n) is 4.14. The molecular weight excluding hydrogens is 384 g/mol. The SMILES string of the molecule is Cc1cccc(-n2nnnc2SCc2nnc(-c3ccccc3Cl)o2)c1C. The van der Waals surface area contributed by atoms with Gasteiger partial charge in [-0.15, -0.1) is 15.3 Å². The smallest absolute Gasteiger partial charge is 0.249 e. The monoisotopic (exact) mass is 398 g/mol. The molecule has 0 spiro atoms. The van der Waals surface area contributed by atoms with Gasteiger partial charge in [0, 0.05) is 0 Å². The van der Waals surface area contributed by atoms with E-state index in [0.29, 0.717) is 33.3 Å². The van der Waals surface area contributed by atoms with Crippen LogP contribution in [0, 0.1) is 13.8 Å². The lowest BCUT2D eigenvalue weighted by atomic mass is 10.1. The lowest BCUT2D eigenvalue weighted by molar-refractivity contribution is 0.528. The van der Waals surface area contributed by atoms with Crippen LogP contribution in [0.1, 0.15) is 17.0 Å². The van der Waals surface area contributed by atoms with Crippen LogP contribution in [-0.4, -0.2) is 30.4 Å². The van der Waals surface area contributed by atoms with Crippen molar-refractivity contribution in [3.8, 4) is 17.1 Å². The average molecular weight is 399 g/mol. The predicted octanol–water partition coefficient (Wildman–Crippen LogP) is 4.27.